The van der Waals surface area contributed by atoms with Crippen LogP contribution in [0.25, 0.3) is 0 Å². The lowest BCUT2D eigenvalue weighted by Gasteiger charge is -2.47. The molecule has 0 radical (unpaired) electrons. The Bertz CT molecular complexity index is 810. The molecule has 34 heavy (non-hydrogen) atoms. The van der Waals surface area contributed by atoms with E-state index in [4.69, 9.17) is 0 Å². The highest BCUT2D eigenvalue weighted by molar-refractivity contribution is 5.44. The molecule has 0 heterocycles. The molecule has 0 saturated heterocycles. The SMILES string of the molecule is FC(F)C(F)(OC1=C(C(F)(C(F)(F)F)C(F)(F)F)C(F)(F)C(F)(F)C(F)(F)C1(F)F)C(F)(F)F. The number of hydrogen-bond acceptors (Lipinski definition) is 1. The minimum absolute atomic E-state index is 1.79. The minimum atomic E-state index is -8.41. The van der Waals surface area contributed by atoms with Gasteiger partial charge in [-0.05, 0) is 0 Å². The molecule has 0 fully saturated rings. The third kappa shape index (κ3) is 3.51. The van der Waals surface area contributed by atoms with E-state index in [1.807, 2.05) is 0 Å². The van der Waals surface area contributed by atoms with Crippen molar-refractivity contribution in [1.29, 1.82) is 0 Å². The zero-order chi connectivity index (χ0) is 27.9. The van der Waals surface area contributed by atoms with Gasteiger partial charge in [-0.3, -0.25) is 0 Å². The van der Waals surface area contributed by atoms with Gasteiger partial charge in [-0.15, -0.1) is 0 Å². The van der Waals surface area contributed by atoms with Crippen molar-refractivity contribution in [2.45, 2.75) is 60.2 Å². The van der Waals surface area contributed by atoms with E-state index in [1.54, 1.807) is 4.74 Å². The molecule has 0 amide bonds. The quantitative estimate of drug-likeness (QED) is 0.333. The first-order valence-electron chi connectivity index (χ1n) is 7.22. The highest BCUT2D eigenvalue weighted by Crippen LogP contribution is 2.68. The molecule has 1 aliphatic rings. The minimum Gasteiger partial charge on any atom is -0.443 e. The van der Waals surface area contributed by atoms with Crippen molar-refractivity contribution < 1.29 is 96.9 Å². The molecule has 1 rings (SSSR count). The Morgan fingerprint density at radius 3 is 1.12 bits per heavy atom. The average Bonchev–Trinajstić information content (AvgIpc) is 2.55. The molecule has 0 N–H and O–H groups in total. The first-order valence-corrected chi connectivity index (χ1v) is 7.22. The molecule has 1 aliphatic carbocycles. The van der Waals surface area contributed by atoms with Crippen LogP contribution < -0.4 is 0 Å². The molecule has 202 valence electrons. The highest BCUT2D eigenvalue weighted by Gasteiger charge is 2.93. The lowest BCUT2D eigenvalue weighted by molar-refractivity contribution is -0.408. The molecule has 0 aromatic carbocycles. The number of alkyl halides is 21. The molecule has 1 unspecified atom stereocenters. The summed E-state index contributed by atoms with van der Waals surface area (Å²) in [6, 6.07) is 0. The second-order valence-electron chi connectivity index (χ2n) is 6.20. The van der Waals surface area contributed by atoms with E-state index in [-0.39, 0.29) is 0 Å². The van der Waals surface area contributed by atoms with Gasteiger partial charge in [0.25, 0.3) is 0 Å². The van der Waals surface area contributed by atoms with Crippen LogP contribution in [0.15, 0.2) is 11.3 Å². The Morgan fingerprint density at radius 2 is 0.853 bits per heavy atom. The number of rotatable bonds is 4. The van der Waals surface area contributed by atoms with E-state index < -0.39 is 71.5 Å². The van der Waals surface area contributed by atoms with Crippen molar-refractivity contribution in [3.05, 3.63) is 11.3 Å². The van der Waals surface area contributed by atoms with Gasteiger partial charge in [0, 0.05) is 0 Å². The lowest BCUT2D eigenvalue weighted by Crippen LogP contribution is -2.73. The molecule has 0 spiro atoms. The number of halogens is 21. The van der Waals surface area contributed by atoms with E-state index in [2.05, 4.69) is 0 Å². The Balaban J connectivity index is 4.50. The first kappa shape index (κ1) is 30.1. The van der Waals surface area contributed by atoms with E-state index in [0.717, 1.165) is 0 Å². The largest absolute Gasteiger partial charge is 0.466 e. The number of ether oxygens (including phenoxy) is 1. The standard InChI is InChI=1S/C12HF21O/c13-3(14)7(20,12(31,32)33)34-2-1(4(15,10(25,26)27)11(28,29)30)5(16,17)8(21,22)9(23,24)6(2,18)19/h3H. The van der Waals surface area contributed by atoms with Crippen LogP contribution in [0.5, 0.6) is 0 Å². The maximum absolute atomic E-state index is 14.1. The highest BCUT2D eigenvalue weighted by atomic mass is 19.4. The van der Waals surface area contributed by atoms with Crippen molar-refractivity contribution >= 4 is 0 Å². The first-order chi connectivity index (χ1) is 14.4. The smallest absolute Gasteiger partial charge is 0.443 e. The monoisotopic (exact) mass is 560 g/mol. The predicted molar refractivity (Wildman–Crippen MR) is 59.7 cm³/mol. The molecule has 0 saturated carbocycles. The molecule has 0 aromatic rings. The maximum atomic E-state index is 14.1. The second kappa shape index (κ2) is 7.29. The van der Waals surface area contributed by atoms with Gasteiger partial charge in [-0.1, -0.05) is 0 Å². The third-order valence-corrected chi connectivity index (χ3v) is 4.05. The summed E-state index contributed by atoms with van der Waals surface area (Å²) in [6.45, 7) is 0. The van der Waals surface area contributed by atoms with E-state index in [0.29, 0.717) is 0 Å². The molecule has 22 heteroatoms. The van der Waals surface area contributed by atoms with Gasteiger partial charge in [-0.25, -0.2) is 13.2 Å². The fourth-order valence-electron chi connectivity index (χ4n) is 2.30. The van der Waals surface area contributed by atoms with Crippen LogP contribution in [-0.4, -0.2) is 60.2 Å². The zero-order valence-electron chi connectivity index (χ0n) is 14.4. The molecule has 0 bridgehead atoms. The van der Waals surface area contributed by atoms with Crippen molar-refractivity contribution in [3.8, 4) is 0 Å². The van der Waals surface area contributed by atoms with E-state index in [1.165, 1.54) is 0 Å². The summed E-state index contributed by atoms with van der Waals surface area (Å²) in [5, 5.41) is 0. The molecule has 1 nitrogen and oxygen atoms in total. The lowest BCUT2D eigenvalue weighted by atomic mass is 9.76. The zero-order valence-corrected chi connectivity index (χ0v) is 14.4. The van der Waals surface area contributed by atoms with Crippen LogP contribution in [0, 0.1) is 0 Å². The van der Waals surface area contributed by atoms with Crippen molar-refractivity contribution in [2.75, 3.05) is 0 Å². The molecule has 0 aliphatic heterocycles. The van der Waals surface area contributed by atoms with Crippen LogP contribution in [0.4, 0.5) is 92.2 Å². The Kier molecular flexibility index (Phi) is 6.46. The van der Waals surface area contributed by atoms with Crippen LogP contribution in [0.3, 0.4) is 0 Å². The summed E-state index contributed by atoms with van der Waals surface area (Å²) >= 11 is 0. The average molecular weight is 560 g/mol. The predicted octanol–water partition coefficient (Wildman–Crippen LogP) is 7.14. The summed E-state index contributed by atoms with van der Waals surface area (Å²) in [4.78, 5) is 0. The van der Waals surface area contributed by atoms with E-state index >= 15 is 0 Å². The van der Waals surface area contributed by atoms with Crippen LogP contribution >= 0.6 is 0 Å². The molecule has 0 aromatic heterocycles. The summed E-state index contributed by atoms with van der Waals surface area (Å²) in [7, 11) is 0. The van der Waals surface area contributed by atoms with Crippen molar-refractivity contribution in [3.63, 3.8) is 0 Å². The van der Waals surface area contributed by atoms with Gasteiger partial charge in [0.05, 0.1) is 0 Å². The van der Waals surface area contributed by atoms with Crippen LogP contribution in [0.1, 0.15) is 0 Å². The maximum Gasteiger partial charge on any atom is 0.466 e. The third-order valence-electron chi connectivity index (χ3n) is 4.05. The molecule has 1 atom stereocenters. The second-order valence-corrected chi connectivity index (χ2v) is 6.20. The Morgan fingerprint density at radius 1 is 0.529 bits per heavy atom. The van der Waals surface area contributed by atoms with Gasteiger partial charge in [0.15, 0.2) is 5.76 Å². The molecular formula is C12HF21O. The fourth-order valence-corrected chi connectivity index (χ4v) is 2.30. The Hall–Kier alpha value is -1.93. The summed E-state index contributed by atoms with van der Waals surface area (Å²) in [5.41, 5.74) is -14.2. The summed E-state index contributed by atoms with van der Waals surface area (Å²) in [5.74, 6) is -45.4. The van der Waals surface area contributed by atoms with Gasteiger partial charge >= 0.3 is 60.2 Å². The van der Waals surface area contributed by atoms with Gasteiger partial charge in [0.2, 0.25) is 0 Å². The van der Waals surface area contributed by atoms with Crippen molar-refractivity contribution in [1.82, 2.24) is 0 Å². The summed E-state index contributed by atoms with van der Waals surface area (Å²) < 4.78 is 277. The van der Waals surface area contributed by atoms with Gasteiger partial charge in [-0.2, -0.15) is 79.0 Å². The normalized spacial score (nSPS) is 24.8. The van der Waals surface area contributed by atoms with Gasteiger partial charge in [0.1, 0.15) is 5.57 Å². The fraction of sp³-hybridized carbons (Fsp3) is 0.833. The van der Waals surface area contributed by atoms with Crippen LogP contribution in [-0.2, 0) is 4.74 Å². The topological polar surface area (TPSA) is 9.23 Å². The molecular weight excluding hydrogens is 559 g/mol. The summed E-state index contributed by atoms with van der Waals surface area (Å²) in [6.07, 6.45) is -30.2. The van der Waals surface area contributed by atoms with Gasteiger partial charge < -0.3 is 4.74 Å². The number of allylic oxidation sites excluding steroid dienone is 2. The van der Waals surface area contributed by atoms with Crippen molar-refractivity contribution in [2.24, 2.45) is 0 Å². The van der Waals surface area contributed by atoms with E-state index in [9.17, 15) is 92.2 Å². The number of hydrogen-bond donors (Lipinski definition) is 0. The Labute approximate surface area is 170 Å². The van der Waals surface area contributed by atoms with Crippen LogP contribution in [0.2, 0.25) is 0 Å².